The fourth-order valence-corrected chi connectivity index (χ4v) is 4.91. The average Bonchev–Trinajstić information content (AvgIpc) is 2.77. The van der Waals surface area contributed by atoms with Gasteiger partial charge in [0.15, 0.2) is 0 Å². The summed E-state index contributed by atoms with van der Waals surface area (Å²) in [6, 6.07) is 6.92. The van der Waals surface area contributed by atoms with E-state index >= 15 is 0 Å². The van der Waals surface area contributed by atoms with Gasteiger partial charge >= 0.3 is 0 Å². The van der Waals surface area contributed by atoms with E-state index in [4.69, 9.17) is 0 Å². The van der Waals surface area contributed by atoms with Gasteiger partial charge < -0.3 is 0 Å². The van der Waals surface area contributed by atoms with Gasteiger partial charge in [-0.15, -0.1) is 11.3 Å². The van der Waals surface area contributed by atoms with Crippen molar-refractivity contribution in [2.75, 3.05) is 0 Å². The monoisotopic (exact) mass is 310 g/mol. The van der Waals surface area contributed by atoms with Gasteiger partial charge in [-0.05, 0) is 38.5 Å². The molecule has 0 aliphatic heterocycles. The Labute approximate surface area is 123 Å². The third-order valence-corrected chi connectivity index (χ3v) is 5.73. The van der Waals surface area contributed by atoms with Crippen molar-refractivity contribution >= 4 is 21.4 Å². The van der Waals surface area contributed by atoms with Crippen molar-refractivity contribution in [1.29, 1.82) is 0 Å². The highest BCUT2D eigenvalue weighted by molar-refractivity contribution is 7.89. The summed E-state index contributed by atoms with van der Waals surface area (Å²) >= 11 is 1.49. The maximum atomic E-state index is 12.5. The lowest BCUT2D eigenvalue weighted by Gasteiger charge is -2.16. The minimum absolute atomic E-state index is 0.305. The summed E-state index contributed by atoms with van der Waals surface area (Å²) in [7, 11) is -3.51. The van der Waals surface area contributed by atoms with Gasteiger partial charge in [0.05, 0.1) is 16.6 Å². The van der Waals surface area contributed by atoms with Crippen molar-refractivity contribution < 1.29 is 8.42 Å². The van der Waals surface area contributed by atoms with Crippen LogP contribution in [0.25, 0.3) is 0 Å². The van der Waals surface area contributed by atoms with Crippen molar-refractivity contribution in [3.05, 3.63) is 45.9 Å². The third kappa shape index (κ3) is 3.26. The Morgan fingerprint density at radius 3 is 2.60 bits per heavy atom. The van der Waals surface area contributed by atoms with Crippen molar-refractivity contribution in [3.63, 3.8) is 0 Å². The summed E-state index contributed by atoms with van der Waals surface area (Å²) in [6.07, 6.45) is 2.32. The molecule has 4 nitrogen and oxygen atoms in total. The lowest BCUT2D eigenvalue weighted by molar-refractivity contribution is 0.544. The lowest BCUT2D eigenvalue weighted by Crippen LogP contribution is -2.29. The van der Waals surface area contributed by atoms with Crippen LogP contribution in [-0.2, 0) is 10.0 Å². The third-order valence-electron chi connectivity index (χ3n) is 3.04. The number of aryl methyl sites for hydroxylation is 2. The molecule has 0 saturated heterocycles. The van der Waals surface area contributed by atoms with Gasteiger partial charge in [-0.25, -0.2) is 13.1 Å². The molecular formula is C14H18N2O2S2. The Morgan fingerprint density at radius 2 is 2.10 bits per heavy atom. The Bertz CT molecular complexity index is 678. The number of rotatable bonds is 5. The summed E-state index contributed by atoms with van der Waals surface area (Å²) in [5.41, 5.74) is 0.739. The highest BCUT2D eigenvalue weighted by Crippen LogP contribution is 2.26. The molecule has 108 valence electrons. The van der Waals surface area contributed by atoms with Crippen molar-refractivity contribution in [3.8, 4) is 0 Å². The normalized spacial score (nSPS) is 13.3. The van der Waals surface area contributed by atoms with Gasteiger partial charge in [0, 0.05) is 16.0 Å². The first-order valence-corrected chi connectivity index (χ1v) is 8.74. The zero-order valence-electron chi connectivity index (χ0n) is 11.8. The van der Waals surface area contributed by atoms with Crippen LogP contribution in [0.15, 0.2) is 35.4 Å². The molecule has 2 rings (SSSR count). The predicted molar refractivity (Wildman–Crippen MR) is 81.4 cm³/mol. The molecule has 1 atom stereocenters. The number of nitrogens with one attached hydrogen (secondary N) is 1. The second kappa shape index (κ2) is 6.03. The van der Waals surface area contributed by atoms with Gasteiger partial charge in [0.25, 0.3) is 0 Å². The molecule has 0 fully saturated rings. The fraction of sp³-hybridized carbons (Fsp3) is 0.357. The van der Waals surface area contributed by atoms with Crippen LogP contribution in [0.2, 0.25) is 0 Å². The number of thiophene rings is 1. The van der Waals surface area contributed by atoms with E-state index in [0.717, 1.165) is 15.4 Å². The number of hydrogen-bond acceptors (Lipinski definition) is 4. The summed E-state index contributed by atoms with van der Waals surface area (Å²) in [4.78, 5) is 6.41. The highest BCUT2D eigenvalue weighted by Gasteiger charge is 2.23. The van der Waals surface area contributed by atoms with E-state index in [1.54, 1.807) is 12.3 Å². The zero-order valence-corrected chi connectivity index (χ0v) is 13.4. The zero-order chi connectivity index (χ0) is 14.8. The first-order valence-electron chi connectivity index (χ1n) is 6.44. The average molecular weight is 310 g/mol. The van der Waals surface area contributed by atoms with Gasteiger partial charge in [-0.1, -0.05) is 13.0 Å². The summed E-state index contributed by atoms with van der Waals surface area (Å²) in [5, 5.41) is 0. The molecule has 2 aromatic rings. The molecule has 0 amide bonds. The first-order chi connectivity index (χ1) is 9.44. The maximum Gasteiger partial charge on any atom is 0.242 e. The van der Waals surface area contributed by atoms with E-state index in [0.29, 0.717) is 11.3 Å². The molecular weight excluding hydrogens is 292 g/mol. The van der Waals surface area contributed by atoms with Crippen molar-refractivity contribution in [2.45, 2.75) is 38.1 Å². The molecule has 0 bridgehead atoms. The van der Waals surface area contributed by atoms with Crippen LogP contribution < -0.4 is 4.72 Å². The number of sulfonamides is 1. The summed E-state index contributed by atoms with van der Waals surface area (Å²) in [5.74, 6) is 0. The van der Waals surface area contributed by atoms with E-state index < -0.39 is 10.0 Å². The Hall–Kier alpha value is -1.24. The predicted octanol–water partition coefficient (Wildman–Crippen LogP) is 3.19. The minimum atomic E-state index is -3.51. The molecule has 2 heterocycles. The maximum absolute atomic E-state index is 12.5. The molecule has 0 aliphatic carbocycles. The van der Waals surface area contributed by atoms with Crippen LogP contribution in [0.3, 0.4) is 0 Å². The summed E-state index contributed by atoms with van der Waals surface area (Å²) in [6.45, 7) is 5.67. The highest BCUT2D eigenvalue weighted by atomic mass is 32.2. The second-order valence-electron chi connectivity index (χ2n) is 4.61. The molecule has 0 aromatic carbocycles. The van der Waals surface area contributed by atoms with E-state index in [2.05, 4.69) is 9.71 Å². The van der Waals surface area contributed by atoms with Crippen LogP contribution in [0, 0.1) is 13.8 Å². The molecule has 0 aliphatic rings. The van der Waals surface area contributed by atoms with Crippen molar-refractivity contribution in [1.82, 2.24) is 9.71 Å². The number of hydrogen-bond donors (Lipinski definition) is 1. The number of aromatic nitrogens is 1. The van der Waals surface area contributed by atoms with Crippen LogP contribution >= 0.6 is 11.3 Å². The molecule has 0 saturated carbocycles. The van der Waals surface area contributed by atoms with E-state index in [-0.39, 0.29) is 6.04 Å². The molecule has 0 radical (unpaired) electrons. The SMILES string of the molecule is CC[C@@H](NS(=O)(=O)c1cc(C)sc1C)c1ccccn1. The van der Waals surface area contributed by atoms with Crippen LogP contribution in [0.4, 0.5) is 0 Å². The minimum Gasteiger partial charge on any atom is -0.260 e. The van der Waals surface area contributed by atoms with Crippen LogP contribution in [0.5, 0.6) is 0 Å². The van der Waals surface area contributed by atoms with Gasteiger partial charge in [0.1, 0.15) is 0 Å². The van der Waals surface area contributed by atoms with Crippen LogP contribution in [-0.4, -0.2) is 13.4 Å². The quantitative estimate of drug-likeness (QED) is 0.922. The fourth-order valence-electron chi connectivity index (χ4n) is 2.06. The van der Waals surface area contributed by atoms with E-state index in [1.165, 1.54) is 11.3 Å². The van der Waals surface area contributed by atoms with Gasteiger partial charge in [-0.3, -0.25) is 4.98 Å². The number of nitrogens with zero attached hydrogens (tertiary/aromatic N) is 1. The summed E-state index contributed by atoms with van der Waals surface area (Å²) < 4.78 is 27.7. The molecule has 0 unspecified atom stereocenters. The first kappa shape index (κ1) is 15.2. The molecule has 6 heteroatoms. The topological polar surface area (TPSA) is 59.1 Å². The van der Waals surface area contributed by atoms with E-state index in [9.17, 15) is 8.42 Å². The number of pyridine rings is 1. The molecule has 2 aromatic heterocycles. The standard InChI is InChI=1S/C14H18N2O2S2/c1-4-12(13-7-5-6-8-15-13)16-20(17,18)14-9-10(2)19-11(14)3/h5-9,12,16H,4H2,1-3H3/t12-/m1/s1. The van der Waals surface area contributed by atoms with Crippen LogP contribution in [0.1, 0.15) is 34.8 Å². The largest absolute Gasteiger partial charge is 0.260 e. The molecule has 0 spiro atoms. The Balaban J connectivity index is 2.29. The lowest BCUT2D eigenvalue weighted by atomic mass is 10.1. The van der Waals surface area contributed by atoms with Crippen molar-refractivity contribution in [2.24, 2.45) is 0 Å². The Kier molecular flexibility index (Phi) is 4.57. The molecule has 20 heavy (non-hydrogen) atoms. The second-order valence-corrected chi connectivity index (χ2v) is 7.76. The van der Waals surface area contributed by atoms with E-state index in [1.807, 2.05) is 39.0 Å². The smallest absolute Gasteiger partial charge is 0.242 e. The molecule has 1 N–H and O–H groups in total. The van der Waals surface area contributed by atoms with Gasteiger partial charge in [0.2, 0.25) is 10.0 Å². The van der Waals surface area contributed by atoms with Gasteiger partial charge in [-0.2, -0.15) is 0 Å². The Morgan fingerprint density at radius 1 is 1.35 bits per heavy atom.